The molecule has 0 aromatic rings. The highest BCUT2D eigenvalue weighted by Crippen LogP contribution is 2.45. The Labute approximate surface area is 105 Å². The highest BCUT2D eigenvalue weighted by molar-refractivity contribution is 5.70. The number of aliphatic carboxylic acids is 1. The van der Waals surface area contributed by atoms with Crippen molar-refractivity contribution in [2.45, 2.75) is 64.7 Å². The zero-order valence-corrected chi connectivity index (χ0v) is 11.0. The second-order valence-corrected chi connectivity index (χ2v) is 6.12. The predicted octanol–water partition coefficient (Wildman–Crippen LogP) is 4.09. The van der Waals surface area contributed by atoms with Crippen LogP contribution in [0.2, 0.25) is 0 Å². The van der Waals surface area contributed by atoms with Crippen molar-refractivity contribution < 1.29 is 9.90 Å². The van der Waals surface area contributed by atoms with Crippen LogP contribution in [0.5, 0.6) is 0 Å². The zero-order valence-electron chi connectivity index (χ0n) is 11.0. The van der Waals surface area contributed by atoms with E-state index >= 15 is 0 Å². The van der Waals surface area contributed by atoms with Gasteiger partial charge in [-0.15, -0.1) is 0 Å². The average Bonchev–Trinajstić information content (AvgIpc) is 2.82. The maximum atomic E-state index is 11.4. The predicted molar refractivity (Wildman–Crippen MR) is 68.8 cm³/mol. The molecule has 1 N–H and O–H groups in total. The Morgan fingerprint density at radius 2 is 1.88 bits per heavy atom. The van der Waals surface area contributed by atoms with Gasteiger partial charge in [-0.3, -0.25) is 4.79 Å². The summed E-state index contributed by atoms with van der Waals surface area (Å²) in [5.41, 5.74) is 0. The highest BCUT2D eigenvalue weighted by Gasteiger charge is 2.39. The first-order chi connectivity index (χ1) is 8.22. The maximum Gasteiger partial charge on any atom is 0.306 e. The van der Waals surface area contributed by atoms with Crippen LogP contribution in [0.4, 0.5) is 0 Å². The number of hydrogen-bond acceptors (Lipinski definition) is 1. The lowest BCUT2D eigenvalue weighted by molar-refractivity contribution is -0.146. The van der Waals surface area contributed by atoms with Crippen LogP contribution in [0.3, 0.4) is 0 Å². The Kier molecular flexibility index (Phi) is 4.47. The molecule has 0 amide bonds. The molecule has 2 heteroatoms. The minimum absolute atomic E-state index is 0.0359. The van der Waals surface area contributed by atoms with Crippen LogP contribution in [0.25, 0.3) is 0 Å². The Morgan fingerprint density at radius 3 is 2.47 bits per heavy atom. The van der Waals surface area contributed by atoms with Gasteiger partial charge in [0.15, 0.2) is 0 Å². The van der Waals surface area contributed by atoms with E-state index in [9.17, 15) is 9.90 Å². The quantitative estimate of drug-likeness (QED) is 0.800. The summed E-state index contributed by atoms with van der Waals surface area (Å²) in [6, 6.07) is 0. The van der Waals surface area contributed by atoms with Gasteiger partial charge in [-0.25, -0.2) is 0 Å². The van der Waals surface area contributed by atoms with Crippen LogP contribution in [-0.4, -0.2) is 11.1 Å². The fourth-order valence-corrected chi connectivity index (χ4v) is 4.18. The molecule has 2 aliphatic rings. The number of hydrogen-bond donors (Lipinski definition) is 1. The molecule has 17 heavy (non-hydrogen) atoms. The third kappa shape index (κ3) is 3.02. The number of carbonyl (C=O) groups is 1. The summed E-state index contributed by atoms with van der Waals surface area (Å²) in [5, 5.41) is 9.39. The van der Waals surface area contributed by atoms with Gasteiger partial charge in [-0.1, -0.05) is 45.4 Å². The van der Waals surface area contributed by atoms with Gasteiger partial charge >= 0.3 is 5.97 Å². The minimum Gasteiger partial charge on any atom is -0.481 e. The summed E-state index contributed by atoms with van der Waals surface area (Å²) in [5.74, 6) is 1.44. The topological polar surface area (TPSA) is 37.3 Å². The van der Waals surface area contributed by atoms with E-state index in [-0.39, 0.29) is 5.92 Å². The molecule has 0 aliphatic heterocycles. The lowest BCUT2D eigenvalue weighted by Gasteiger charge is -2.37. The summed E-state index contributed by atoms with van der Waals surface area (Å²) in [6.45, 7) is 2.24. The van der Waals surface area contributed by atoms with E-state index in [1.165, 1.54) is 44.9 Å². The summed E-state index contributed by atoms with van der Waals surface area (Å²) in [7, 11) is 0. The van der Waals surface area contributed by atoms with Crippen molar-refractivity contribution in [3.05, 3.63) is 0 Å². The number of carboxylic acids is 1. The van der Waals surface area contributed by atoms with Gasteiger partial charge in [0.1, 0.15) is 0 Å². The van der Waals surface area contributed by atoms with Gasteiger partial charge in [-0.2, -0.15) is 0 Å². The Bertz CT molecular complexity index is 256. The van der Waals surface area contributed by atoms with Crippen LogP contribution in [0.1, 0.15) is 64.7 Å². The smallest absolute Gasteiger partial charge is 0.306 e. The maximum absolute atomic E-state index is 11.4. The normalized spacial score (nSPS) is 35.0. The van der Waals surface area contributed by atoms with Crippen LogP contribution < -0.4 is 0 Å². The largest absolute Gasteiger partial charge is 0.481 e. The molecule has 2 aliphatic carbocycles. The third-order valence-corrected chi connectivity index (χ3v) is 5.03. The lowest BCUT2D eigenvalue weighted by Crippen LogP contribution is -2.34. The molecular weight excluding hydrogens is 212 g/mol. The molecule has 0 bridgehead atoms. The van der Waals surface area contributed by atoms with Crippen molar-refractivity contribution in [2.75, 3.05) is 0 Å². The van der Waals surface area contributed by atoms with E-state index in [0.29, 0.717) is 5.92 Å². The van der Waals surface area contributed by atoms with E-state index in [1.54, 1.807) is 0 Å². The summed E-state index contributed by atoms with van der Waals surface area (Å²) in [6.07, 6.45) is 11.0. The molecule has 0 heterocycles. The second-order valence-electron chi connectivity index (χ2n) is 6.12. The van der Waals surface area contributed by atoms with E-state index in [2.05, 4.69) is 6.92 Å². The van der Waals surface area contributed by atoms with Crippen molar-refractivity contribution in [1.29, 1.82) is 0 Å². The molecule has 2 nitrogen and oxygen atoms in total. The first-order valence-corrected chi connectivity index (χ1v) is 7.45. The van der Waals surface area contributed by atoms with Gasteiger partial charge < -0.3 is 5.11 Å². The third-order valence-electron chi connectivity index (χ3n) is 5.03. The summed E-state index contributed by atoms with van der Waals surface area (Å²) < 4.78 is 0. The first-order valence-electron chi connectivity index (χ1n) is 7.45. The number of carboxylic acid groups (broad SMARTS) is 1. The molecule has 0 aromatic heterocycles. The van der Waals surface area contributed by atoms with Crippen LogP contribution in [-0.2, 0) is 4.79 Å². The van der Waals surface area contributed by atoms with Crippen LogP contribution in [0.15, 0.2) is 0 Å². The molecular formula is C15H26O2. The molecule has 3 atom stereocenters. The SMILES string of the molecule is CCCC1CCC(C(=O)O)C(C2CCCC2)C1. The van der Waals surface area contributed by atoms with Crippen molar-refractivity contribution in [1.82, 2.24) is 0 Å². The monoisotopic (exact) mass is 238 g/mol. The zero-order chi connectivity index (χ0) is 12.3. The van der Waals surface area contributed by atoms with E-state index in [0.717, 1.165) is 24.7 Å². The summed E-state index contributed by atoms with van der Waals surface area (Å²) >= 11 is 0. The average molecular weight is 238 g/mol. The standard InChI is InChI=1S/C15H26O2/c1-2-5-11-8-9-13(15(16)17)14(10-11)12-6-3-4-7-12/h11-14H,2-10H2,1H3,(H,16,17). The molecule has 0 aromatic carbocycles. The number of rotatable bonds is 4. The van der Waals surface area contributed by atoms with Crippen molar-refractivity contribution in [3.8, 4) is 0 Å². The first kappa shape index (κ1) is 12.9. The molecule has 2 fully saturated rings. The van der Waals surface area contributed by atoms with Gasteiger partial charge in [0, 0.05) is 0 Å². The fourth-order valence-electron chi connectivity index (χ4n) is 4.18. The Balaban J connectivity index is 2.01. The minimum atomic E-state index is -0.531. The van der Waals surface area contributed by atoms with E-state index < -0.39 is 5.97 Å². The van der Waals surface area contributed by atoms with Crippen molar-refractivity contribution >= 4 is 5.97 Å². The van der Waals surface area contributed by atoms with Crippen molar-refractivity contribution in [3.63, 3.8) is 0 Å². The molecule has 2 saturated carbocycles. The molecule has 0 saturated heterocycles. The highest BCUT2D eigenvalue weighted by atomic mass is 16.4. The lowest BCUT2D eigenvalue weighted by atomic mass is 9.67. The van der Waals surface area contributed by atoms with E-state index in [4.69, 9.17) is 0 Å². The van der Waals surface area contributed by atoms with Gasteiger partial charge in [0.05, 0.1) is 5.92 Å². The molecule has 0 radical (unpaired) electrons. The molecule has 3 unspecified atom stereocenters. The van der Waals surface area contributed by atoms with Gasteiger partial charge in [0.2, 0.25) is 0 Å². The van der Waals surface area contributed by atoms with Gasteiger partial charge in [-0.05, 0) is 37.0 Å². The fraction of sp³-hybridized carbons (Fsp3) is 0.933. The Morgan fingerprint density at radius 1 is 1.18 bits per heavy atom. The van der Waals surface area contributed by atoms with Gasteiger partial charge in [0.25, 0.3) is 0 Å². The molecule has 98 valence electrons. The van der Waals surface area contributed by atoms with Crippen LogP contribution in [0, 0.1) is 23.7 Å². The molecule has 2 rings (SSSR count). The Hall–Kier alpha value is -0.530. The van der Waals surface area contributed by atoms with Crippen molar-refractivity contribution in [2.24, 2.45) is 23.7 Å². The van der Waals surface area contributed by atoms with Crippen LogP contribution >= 0.6 is 0 Å². The summed E-state index contributed by atoms with van der Waals surface area (Å²) in [4.78, 5) is 11.4. The second kappa shape index (κ2) is 5.88. The van der Waals surface area contributed by atoms with E-state index in [1.807, 2.05) is 0 Å². The molecule has 0 spiro atoms.